The molecule has 0 amide bonds. The van der Waals surface area contributed by atoms with E-state index in [2.05, 4.69) is 26.8 Å². The Morgan fingerprint density at radius 1 is 1.45 bits per heavy atom. The summed E-state index contributed by atoms with van der Waals surface area (Å²) in [4.78, 5) is 11.7. The molecule has 0 unspecified atom stereocenters. The highest BCUT2D eigenvalue weighted by atomic mass is 16.3. The van der Waals surface area contributed by atoms with Crippen molar-refractivity contribution >= 4 is 22.8 Å². The first-order valence-corrected chi connectivity index (χ1v) is 7.12. The molecule has 7 heteroatoms. The predicted molar refractivity (Wildman–Crippen MR) is 87.9 cm³/mol. The van der Waals surface area contributed by atoms with Gasteiger partial charge in [0, 0.05) is 18.7 Å². The topological polar surface area (TPSA) is 120 Å². The number of hydrogen-bond donors (Lipinski definition) is 5. The zero-order valence-corrected chi connectivity index (χ0v) is 12.6. The van der Waals surface area contributed by atoms with E-state index in [0.29, 0.717) is 24.4 Å². The summed E-state index contributed by atoms with van der Waals surface area (Å²) in [6.07, 6.45) is 4.78. The fraction of sp³-hybridized carbons (Fsp3) is 0.333. The van der Waals surface area contributed by atoms with E-state index in [-0.39, 0.29) is 18.3 Å². The summed E-state index contributed by atoms with van der Waals surface area (Å²) in [5.74, 6) is 0.803. The summed E-state index contributed by atoms with van der Waals surface area (Å²) >= 11 is 0. The molecule has 0 aliphatic carbocycles. The summed E-state index contributed by atoms with van der Waals surface area (Å²) in [7, 11) is 0. The van der Waals surface area contributed by atoms with Crippen molar-refractivity contribution in [3.63, 3.8) is 0 Å². The molecule has 7 nitrogen and oxygen atoms in total. The smallest absolute Gasteiger partial charge is 0.223 e. The number of nitrogens with one attached hydrogen (secondary N) is 2. The number of rotatable bonds is 7. The van der Waals surface area contributed by atoms with Crippen molar-refractivity contribution < 1.29 is 10.2 Å². The Bertz CT molecular complexity index is 706. The lowest BCUT2D eigenvalue weighted by atomic mass is 10.1. The van der Waals surface area contributed by atoms with Crippen LogP contribution in [-0.4, -0.2) is 38.3 Å². The Kier molecular flexibility index (Phi) is 5.00. The van der Waals surface area contributed by atoms with Crippen LogP contribution in [0.4, 0.5) is 11.8 Å². The molecule has 0 aliphatic rings. The Morgan fingerprint density at radius 3 is 2.86 bits per heavy atom. The zero-order valence-electron chi connectivity index (χ0n) is 12.6. The van der Waals surface area contributed by atoms with Gasteiger partial charge in [-0.05, 0) is 18.1 Å². The first-order valence-electron chi connectivity index (χ1n) is 7.12. The largest absolute Gasteiger partial charge is 0.509 e. The maximum atomic E-state index is 9.11. The first-order chi connectivity index (χ1) is 10.6. The molecule has 2 rings (SSSR count). The number of nitrogen functional groups attached to an aromatic ring is 1. The van der Waals surface area contributed by atoms with Crippen LogP contribution in [0.2, 0.25) is 0 Å². The number of aliphatic hydroxyl groups is 2. The third-order valence-corrected chi connectivity index (χ3v) is 3.25. The van der Waals surface area contributed by atoms with Crippen molar-refractivity contribution in [2.75, 3.05) is 24.2 Å². The van der Waals surface area contributed by atoms with Crippen LogP contribution >= 0.6 is 0 Å². The van der Waals surface area contributed by atoms with Crippen molar-refractivity contribution in [3.8, 4) is 0 Å². The number of nitrogens with two attached hydrogens (primary N) is 1. The molecule has 2 heterocycles. The second kappa shape index (κ2) is 6.95. The Labute approximate surface area is 128 Å². The highest BCUT2D eigenvalue weighted by Crippen LogP contribution is 2.28. The molecule has 0 saturated carbocycles. The van der Waals surface area contributed by atoms with E-state index >= 15 is 0 Å². The van der Waals surface area contributed by atoms with E-state index in [1.807, 2.05) is 13.0 Å². The summed E-state index contributed by atoms with van der Waals surface area (Å²) in [6.45, 7) is 5.86. The van der Waals surface area contributed by atoms with Gasteiger partial charge in [0.2, 0.25) is 5.95 Å². The molecule has 118 valence electrons. The van der Waals surface area contributed by atoms with Gasteiger partial charge in [0.15, 0.2) is 0 Å². The lowest BCUT2D eigenvalue weighted by Gasteiger charge is -2.07. The zero-order chi connectivity index (χ0) is 16.1. The predicted octanol–water partition coefficient (Wildman–Crippen LogP) is 1.68. The van der Waals surface area contributed by atoms with Gasteiger partial charge in [-0.3, -0.25) is 0 Å². The second-order valence-corrected chi connectivity index (χ2v) is 4.84. The molecule has 0 fully saturated rings. The van der Waals surface area contributed by atoms with Gasteiger partial charge in [-0.15, -0.1) is 0 Å². The van der Waals surface area contributed by atoms with E-state index in [9.17, 15) is 0 Å². The summed E-state index contributed by atoms with van der Waals surface area (Å²) in [5.41, 5.74) is 8.47. The van der Waals surface area contributed by atoms with Gasteiger partial charge < -0.3 is 26.2 Å². The number of anilines is 2. The van der Waals surface area contributed by atoms with Crippen LogP contribution < -0.4 is 11.1 Å². The minimum absolute atomic E-state index is 0.00545. The third-order valence-electron chi connectivity index (χ3n) is 3.25. The molecule has 2 aromatic rings. The number of aromatic nitrogens is 3. The SMILES string of the molecule is C=C(O)C=CCc1[nH]c2nc(N)nc(NCCO)c2c1CC. The fourth-order valence-electron chi connectivity index (χ4n) is 2.40. The summed E-state index contributed by atoms with van der Waals surface area (Å²) in [5, 5.41) is 22.0. The van der Waals surface area contributed by atoms with Crippen molar-refractivity contribution in [1.82, 2.24) is 15.0 Å². The molecule has 2 aromatic heterocycles. The van der Waals surface area contributed by atoms with Gasteiger partial charge in [0.1, 0.15) is 17.2 Å². The molecule has 6 N–H and O–H groups in total. The highest BCUT2D eigenvalue weighted by molar-refractivity contribution is 5.92. The van der Waals surface area contributed by atoms with E-state index < -0.39 is 0 Å². The van der Waals surface area contributed by atoms with Crippen LogP contribution in [0.25, 0.3) is 11.0 Å². The number of aliphatic hydroxyl groups excluding tert-OH is 2. The average molecular weight is 303 g/mol. The first kappa shape index (κ1) is 15.8. The van der Waals surface area contributed by atoms with E-state index in [1.165, 1.54) is 0 Å². The van der Waals surface area contributed by atoms with Crippen LogP contribution in [0.3, 0.4) is 0 Å². The van der Waals surface area contributed by atoms with Gasteiger partial charge in [-0.1, -0.05) is 19.6 Å². The minimum Gasteiger partial charge on any atom is -0.509 e. The highest BCUT2D eigenvalue weighted by Gasteiger charge is 2.16. The Morgan fingerprint density at radius 2 is 2.23 bits per heavy atom. The van der Waals surface area contributed by atoms with Crippen LogP contribution in [0.5, 0.6) is 0 Å². The van der Waals surface area contributed by atoms with Crippen LogP contribution in [0.1, 0.15) is 18.2 Å². The quantitative estimate of drug-likeness (QED) is 0.392. The third kappa shape index (κ3) is 3.37. The number of H-pyrrole nitrogens is 1. The molecule has 0 radical (unpaired) electrons. The van der Waals surface area contributed by atoms with Gasteiger partial charge in [-0.2, -0.15) is 9.97 Å². The van der Waals surface area contributed by atoms with Gasteiger partial charge in [0.25, 0.3) is 0 Å². The van der Waals surface area contributed by atoms with Gasteiger partial charge >= 0.3 is 0 Å². The molecule has 0 saturated heterocycles. The second-order valence-electron chi connectivity index (χ2n) is 4.84. The maximum absolute atomic E-state index is 9.11. The molecule has 0 atom stereocenters. The molecule has 0 aliphatic heterocycles. The van der Waals surface area contributed by atoms with Gasteiger partial charge in [0.05, 0.1) is 12.0 Å². The Hall–Kier alpha value is -2.54. The molecule has 0 bridgehead atoms. The van der Waals surface area contributed by atoms with E-state index in [1.54, 1.807) is 6.08 Å². The Balaban J connectivity index is 2.48. The molecular weight excluding hydrogens is 282 g/mol. The van der Waals surface area contributed by atoms with Crippen molar-refractivity contribution in [2.24, 2.45) is 0 Å². The van der Waals surface area contributed by atoms with Crippen molar-refractivity contribution in [2.45, 2.75) is 19.8 Å². The number of hydrogen-bond acceptors (Lipinski definition) is 6. The average Bonchev–Trinajstić information content (AvgIpc) is 2.81. The summed E-state index contributed by atoms with van der Waals surface area (Å²) < 4.78 is 0. The monoisotopic (exact) mass is 303 g/mol. The van der Waals surface area contributed by atoms with Crippen LogP contribution in [0.15, 0.2) is 24.5 Å². The van der Waals surface area contributed by atoms with Crippen LogP contribution in [0, 0.1) is 0 Å². The lowest BCUT2D eigenvalue weighted by molar-refractivity contribution is 0.311. The summed E-state index contributed by atoms with van der Waals surface area (Å²) in [6, 6.07) is 0. The molecule has 22 heavy (non-hydrogen) atoms. The number of allylic oxidation sites excluding steroid dienone is 2. The van der Waals surface area contributed by atoms with Crippen molar-refractivity contribution in [3.05, 3.63) is 35.7 Å². The number of aryl methyl sites for hydroxylation is 1. The lowest BCUT2D eigenvalue weighted by Crippen LogP contribution is -2.09. The minimum atomic E-state index is 0.00545. The van der Waals surface area contributed by atoms with E-state index in [0.717, 1.165) is 23.1 Å². The van der Waals surface area contributed by atoms with Crippen LogP contribution in [-0.2, 0) is 12.8 Å². The fourth-order valence-corrected chi connectivity index (χ4v) is 2.40. The number of aromatic amines is 1. The standard InChI is InChI=1S/C15H21N5O2/c1-3-10-11(6-4-5-9(2)22)18-14-12(10)13(17-7-8-21)19-15(16)20-14/h4-5,21-22H,2-3,6-8H2,1H3,(H4,16,17,18,19,20). The molecule has 0 spiro atoms. The number of fused-ring (bicyclic) bond motifs is 1. The number of nitrogens with zero attached hydrogens (tertiary/aromatic N) is 2. The van der Waals surface area contributed by atoms with Gasteiger partial charge in [-0.25, -0.2) is 0 Å². The maximum Gasteiger partial charge on any atom is 0.223 e. The normalized spacial score (nSPS) is 11.4. The molecule has 0 aromatic carbocycles. The van der Waals surface area contributed by atoms with E-state index in [4.69, 9.17) is 15.9 Å². The van der Waals surface area contributed by atoms with Crippen molar-refractivity contribution in [1.29, 1.82) is 0 Å². The molecular formula is C15H21N5O2.